The second kappa shape index (κ2) is 4.25. The fourth-order valence-corrected chi connectivity index (χ4v) is 2.41. The molecule has 2 N–H and O–H groups in total. The van der Waals surface area contributed by atoms with Crippen LogP contribution in [0.25, 0.3) is 0 Å². The number of nitrogens with two attached hydrogens (primary N) is 1. The van der Waals surface area contributed by atoms with Crippen LogP contribution in [0, 0.1) is 5.41 Å². The largest absolute Gasteiger partial charge is 0.330 e. The highest BCUT2D eigenvalue weighted by Gasteiger charge is 2.19. The van der Waals surface area contributed by atoms with E-state index in [-0.39, 0.29) is 0 Å². The van der Waals surface area contributed by atoms with Gasteiger partial charge in [0.15, 0.2) is 0 Å². The first-order valence-electron chi connectivity index (χ1n) is 4.76. The monoisotopic (exact) mass is 197 g/mol. The van der Waals surface area contributed by atoms with E-state index < -0.39 is 0 Å². The van der Waals surface area contributed by atoms with Gasteiger partial charge in [0.25, 0.3) is 0 Å². The van der Waals surface area contributed by atoms with Crippen LogP contribution in [0.3, 0.4) is 0 Å². The summed E-state index contributed by atoms with van der Waals surface area (Å²) in [4.78, 5) is 1.43. The Morgan fingerprint density at radius 2 is 2.15 bits per heavy atom. The molecule has 0 amide bonds. The second-order valence-corrected chi connectivity index (χ2v) is 5.69. The molecule has 1 atom stereocenters. The van der Waals surface area contributed by atoms with Crippen LogP contribution in [0.1, 0.15) is 38.0 Å². The van der Waals surface area contributed by atoms with Crippen molar-refractivity contribution in [3.8, 4) is 0 Å². The van der Waals surface area contributed by atoms with Gasteiger partial charge in [-0.3, -0.25) is 0 Å². The average molecular weight is 197 g/mol. The lowest BCUT2D eigenvalue weighted by atomic mass is 9.84. The standard InChI is InChI=1S/C11H19NS/c1-11(2,3)7-9(8-12)10-5-4-6-13-10/h4-6,9H,7-8,12H2,1-3H3. The Hall–Kier alpha value is -0.340. The number of rotatable bonds is 3. The van der Waals surface area contributed by atoms with Gasteiger partial charge in [-0.2, -0.15) is 0 Å². The summed E-state index contributed by atoms with van der Waals surface area (Å²) in [6, 6.07) is 4.29. The van der Waals surface area contributed by atoms with E-state index in [9.17, 15) is 0 Å². The molecule has 0 bridgehead atoms. The number of thiophene rings is 1. The van der Waals surface area contributed by atoms with E-state index in [1.165, 1.54) is 11.3 Å². The van der Waals surface area contributed by atoms with Gasteiger partial charge in [-0.1, -0.05) is 26.8 Å². The van der Waals surface area contributed by atoms with E-state index in [2.05, 4.69) is 38.3 Å². The summed E-state index contributed by atoms with van der Waals surface area (Å²) < 4.78 is 0. The first-order valence-corrected chi connectivity index (χ1v) is 5.64. The zero-order valence-electron chi connectivity index (χ0n) is 8.71. The van der Waals surface area contributed by atoms with E-state index in [1.807, 2.05) is 11.3 Å². The quantitative estimate of drug-likeness (QED) is 0.791. The Labute approximate surface area is 85.0 Å². The van der Waals surface area contributed by atoms with Gasteiger partial charge in [0, 0.05) is 10.8 Å². The minimum atomic E-state index is 0.369. The normalized spacial score (nSPS) is 14.5. The van der Waals surface area contributed by atoms with Crippen molar-refractivity contribution in [2.75, 3.05) is 6.54 Å². The van der Waals surface area contributed by atoms with Gasteiger partial charge in [-0.25, -0.2) is 0 Å². The maximum Gasteiger partial charge on any atom is 0.00889 e. The molecule has 1 rings (SSSR count). The maximum absolute atomic E-state index is 5.78. The van der Waals surface area contributed by atoms with Crippen LogP contribution in [0.5, 0.6) is 0 Å². The average Bonchev–Trinajstić information content (AvgIpc) is 2.50. The molecule has 0 aliphatic rings. The highest BCUT2D eigenvalue weighted by Crippen LogP contribution is 2.32. The highest BCUT2D eigenvalue weighted by atomic mass is 32.1. The molecule has 0 fully saturated rings. The zero-order chi connectivity index (χ0) is 9.90. The Morgan fingerprint density at radius 1 is 1.46 bits per heavy atom. The fourth-order valence-electron chi connectivity index (χ4n) is 1.56. The molecular formula is C11H19NS. The summed E-state index contributed by atoms with van der Waals surface area (Å²) >= 11 is 1.82. The van der Waals surface area contributed by atoms with E-state index >= 15 is 0 Å². The molecule has 1 heterocycles. The van der Waals surface area contributed by atoms with E-state index in [4.69, 9.17) is 5.73 Å². The summed E-state index contributed by atoms with van der Waals surface area (Å²) in [5.74, 6) is 0.542. The van der Waals surface area contributed by atoms with Gasteiger partial charge in [0.2, 0.25) is 0 Å². The third kappa shape index (κ3) is 3.49. The smallest absolute Gasteiger partial charge is 0.00889 e. The molecule has 0 spiro atoms. The van der Waals surface area contributed by atoms with Crippen molar-refractivity contribution in [3.63, 3.8) is 0 Å². The molecule has 1 nitrogen and oxygen atoms in total. The van der Waals surface area contributed by atoms with Crippen LogP contribution < -0.4 is 5.73 Å². The summed E-state index contributed by atoms with van der Waals surface area (Å²) in [5.41, 5.74) is 6.15. The van der Waals surface area contributed by atoms with Crippen LogP contribution in [-0.2, 0) is 0 Å². The molecule has 1 aromatic rings. The fraction of sp³-hybridized carbons (Fsp3) is 0.636. The van der Waals surface area contributed by atoms with Gasteiger partial charge in [0.05, 0.1) is 0 Å². The summed E-state index contributed by atoms with van der Waals surface area (Å²) in [6.07, 6.45) is 1.17. The van der Waals surface area contributed by atoms with E-state index in [0.717, 1.165) is 6.54 Å². The van der Waals surface area contributed by atoms with Crippen LogP contribution in [0.4, 0.5) is 0 Å². The maximum atomic E-state index is 5.78. The van der Waals surface area contributed by atoms with E-state index in [0.29, 0.717) is 11.3 Å². The Bertz CT molecular complexity index is 233. The van der Waals surface area contributed by atoms with Crippen LogP contribution in [-0.4, -0.2) is 6.54 Å². The van der Waals surface area contributed by atoms with E-state index in [1.54, 1.807) is 0 Å². The van der Waals surface area contributed by atoms with Crippen molar-refractivity contribution in [1.82, 2.24) is 0 Å². The van der Waals surface area contributed by atoms with Crippen LogP contribution >= 0.6 is 11.3 Å². The first-order chi connectivity index (χ1) is 6.03. The number of hydrogen-bond acceptors (Lipinski definition) is 2. The van der Waals surface area contributed by atoms with Crippen molar-refractivity contribution >= 4 is 11.3 Å². The highest BCUT2D eigenvalue weighted by molar-refractivity contribution is 7.10. The summed E-state index contributed by atoms with van der Waals surface area (Å²) in [7, 11) is 0. The van der Waals surface area contributed by atoms with Gasteiger partial charge in [-0.05, 0) is 29.8 Å². The lowest BCUT2D eigenvalue weighted by Gasteiger charge is -2.24. The minimum Gasteiger partial charge on any atom is -0.330 e. The van der Waals surface area contributed by atoms with Crippen molar-refractivity contribution in [3.05, 3.63) is 22.4 Å². The summed E-state index contributed by atoms with van der Waals surface area (Å²) in [5, 5.41) is 2.13. The van der Waals surface area contributed by atoms with Gasteiger partial charge < -0.3 is 5.73 Å². The molecule has 0 aromatic carbocycles. The molecule has 74 valence electrons. The molecule has 13 heavy (non-hydrogen) atoms. The second-order valence-electron chi connectivity index (χ2n) is 4.71. The molecule has 0 aliphatic heterocycles. The topological polar surface area (TPSA) is 26.0 Å². The molecule has 1 aromatic heterocycles. The molecule has 1 unspecified atom stereocenters. The van der Waals surface area contributed by atoms with Crippen LogP contribution in [0.2, 0.25) is 0 Å². The molecule has 0 aliphatic carbocycles. The Morgan fingerprint density at radius 3 is 2.54 bits per heavy atom. The number of hydrogen-bond donors (Lipinski definition) is 1. The lowest BCUT2D eigenvalue weighted by molar-refractivity contribution is 0.344. The first kappa shape index (κ1) is 10.7. The molecule has 0 saturated heterocycles. The van der Waals surface area contributed by atoms with Crippen LogP contribution in [0.15, 0.2) is 17.5 Å². The van der Waals surface area contributed by atoms with Crippen molar-refractivity contribution < 1.29 is 0 Å². The van der Waals surface area contributed by atoms with Crippen molar-refractivity contribution in [2.24, 2.45) is 11.1 Å². The zero-order valence-corrected chi connectivity index (χ0v) is 9.53. The molecule has 0 saturated carbocycles. The predicted molar refractivity (Wildman–Crippen MR) is 60.2 cm³/mol. The Balaban J connectivity index is 2.64. The Kier molecular flexibility index (Phi) is 3.51. The SMILES string of the molecule is CC(C)(C)CC(CN)c1cccs1. The molecule has 0 radical (unpaired) electrons. The predicted octanol–water partition coefficient (Wildman–Crippen LogP) is 3.23. The summed E-state index contributed by atoms with van der Waals surface area (Å²) in [6.45, 7) is 7.56. The minimum absolute atomic E-state index is 0.369. The van der Waals surface area contributed by atoms with Gasteiger partial charge in [0.1, 0.15) is 0 Å². The van der Waals surface area contributed by atoms with Crippen molar-refractivity contribution in [2.45, 2.75) is 33.1 Å². The third-order valence-electron chi connectivity index (χ3n) is 2.09. The molecule has 2 heteroatoms. The molecular weight excluding hydrogens is 178 g/mol. The van der Waals surface area contributed by atoms with Gasteiger partial charge in [-0.15, -0.1) is 11.3 Å². The lowest BCUT2D eigenvalue weighted by Crippen LogP contribution is -2.18. The third-order valence-corrected chi connectivity index (χ3v) is 3.12. The van der Waals surface area contributed by atoms with Crippen molar-refractivity contribution in [1.29, 1.82) is 0 Å². The van der Waals surface area contributed by atoms with Gasteiger partial charge >= 0.3 is 0 Å².